The molecule has 2 amide bonds. The van der Waals surface area contributed by atoms with Crippen LogP contribution in [0.25, 0.3) is 11.0 Å². The van der Waals surface area contributed by atoms with E-state index in [4.69, 9.17) is 9.84 Å². The first-order valence-electron chi connectivity index (χ1n) is 11.7. The van der Waals surface area contributed by atoms with E-state index in [0.29, 0.717) is 29.4 Å². The lowest BCUT2D eigenvalue weighted by Gasteiger charge is -2.23. The molecular formula is C24H27FN6O5. The number of pyridine rings is 3. The van der Waals surface area contributed by atoms with E-state index >= 15 is 0 Å². The minimum absolute atomic E-state index is 0.0552. The molecule has 1 aliphatic carbocycles. The lowest BCUT2D eigenvalue weighted by molar-refractivity contribution is -0.118. The summed E-state index contributed by atoms with van der Waals surface area (Å²) >= 11 is 0. The van der Waals surface area contributed by atoms with Gasteiger partial charge in [-0.05, 0) is 31.0 Å². The number of carbonyl (C=O) groups is 2. The summed E-state index contributed by atoms with van der Waals surface area (Å²) in [5.41, 5.74) is 1.10. The fraction of sp³-hybridized carbons (Fsp3) is 0.375. The van der Waals surface area contributed by atoms with Crippen molar-refractivity contribution in [2.24, 2.45) is 0 Å². The molecule has 0 radical (unpaired) electrons. The van der Waals surface area contributed by atoms with Gasteiger partial charge in [0.1, 0.15) is 11.6 Å². The van der Waals surface area contributed by atoms with Crippen molar-refractivity contribution in [3.8, 4) is 5.75 Å². The molecule has 0 unspecified atom stereocenters. The highest BCUT2D eigenvalue weighted by molar-refractivity contribution is 5.94. The smallest absolute Gasteiger partial charge is 0.410 e. The molecular weight excluding hydrogens is 471 g/mol. The van der Waals surface area contributed by atoms with Crippen molar-refractivity contribution in [2.75, 3.05) is 23.8 Å². The van der Waals surface area contributed by atoms with E-state index < -0.39 is 11.9 Å². The number of carbonyl (C=O) groups excluding carboxylic acids is 1. The van der Waals surface area contributed by atoms with Gasteiger partial charge < -0.3 is 25.0 Å². The summed E-state index contributed by atoms with van der Waals surface area (Å²) in [4.78, 5) is 41.2. The van der Waals surface area contributed by atoms with Crippen LogP contribution in [0.2, 0.25) is 0 Å². The average Bonchev–Trinajstić information content (AvgIpc) is 2.86. The third-order valence-corrected chi connectivity index (χ3v) is 5.89. The predicted molar refractivity (Wildman–Crippen MR) is 131 cm³/mol. The summed E-state index contributed by atoms with van der Waals surface area (Å²) in [6, 6.07) is 8.05. The number of hydrogen-bond donors (Lipinski definition) is 4. The van der Waals surface area contributed by atoms with Gasteiger partial charge in [0.2, 0.25) is 0 Å². The fourth-order valence-corrected chi connectivity index (χ4v) is 4.20. The van der Waals surface area contributed by atoms with E-state index in [2.05, 4.69) is 25.9 Å². The van der Waals surface area contributed by atoms with Gasteiger partial charge in [0.25, 0.3) is 11.5 Å². The number of fused-ring (bicyclic) bond motifs is 2. The average molecular weight is 499 g/mol. The number of carboxylic acid groups (broad SMARTS) is 1. The Morgan fingerprint density at radius 3 is 2.78 bits per heavy atom. The van der Waals surface area contributed by atoms with Gasteiger partial charge in [-0.15, -0.1) is 0 Å². The molecule has 12 heteroatoms. The zero-order valence-corrected chi connectivity index (χ0v) is 19.5. The molecule has 0 spiro atoms. The number of amides is 2. The summed E-state index contributed by atoms with van der Waals surface area (Å²) in [5, 5.41) is 16.5. The highest BCUT2D eigenvalue weighted by Crippen LogP contribution is 2.26. The van der Waals surface area contributed by atoms with Gasteiger partial charge >= 0.3 is 6.09 Å². The van der Waals surface area contributed by atoms with Crippen molar-refractivity contribution in [3.05, 3.63) is 52.7 Å². The number of aromatic nitrogens is 3. The Kier molecular flexibility index (Phi) is 8.06. The molecule has 1 fully saturated rings. The van der Waals surface area contributed by atoms with Crippen LogP contribution in [0.15, 0.2) is 41.3 Å². The van der Waals surface area contributed by atoms with Crippen LogP contribution in [0, 0.1) is 5.82 Å². The predicted octanol–water partition coefficient (Wildman–Crippen LogP) is 2.96. The Balaban J connectivity index is 0.000000179. The second kappa shape index (κ2) is 11.6. The number of rotatable bonds is 5. The molecule has 0 aromatic carbocycles. The van der Waals surface area contributed by atoms with Crippen molar-refractivity contribution in [1.29, 1.82) is 0 Å². The van der Waals surface area contributed by atoms with Gasteiger partial charge in [0, 0.05) is 31.3 Å². The fourth-order valence-electron chi connectivity index (χ4n) is 4.20. The van der Waals surface area contributed by atoms with E-state index in [9.17, 15) is 18.8 Å². The molecule has 4 heterocycles. The van der Waals surface area contributed by atoms with Crippen LogP contribution in [-0.4, -0.2) is 50.8 Å². The zero-order valence-electron chi connectivity index (χ0n) is 19.5. The Morgan fingerprint density at radius 2 is 2.00 bits per heavy atom. The van der Waals surface area contributed by atoms with Gasteiger partial charge in [-0.1, -0.05) is 19.3 Å². The van der Waals surface area contributed by atoms with E-state index in [1.165, 1.54) is 62.6 Å². The maximum atomic E-state index is 13.4. The largest absolute Gasteiger partial charge is 0.480 e. The lowest BCUT2D eigenvalue weighted by atomic mass is 9.95. The van der Waals surface area contributed by atoms with Gasteiger partial charge in [-0.2, -0.15) is 0 Å². The van der Waals surface area contributed by atoms with Gasteiger partial charge in [0.05, 0.1) is 17.2 Å². The number of anilines is 2. The Hall–Kier alpha value is -4.06. The number of halogens is 1. The SMILES string of the molecule is O=C(O)Nc1ccc2c(n1)NC(=O)CO2.O=c1ccc2ncc(F)cc2n1CCNC1CCCCC1. The molecule has 1 aliphatic heterocycles. The summed E-state index contributed by atoms with van der Waals surface area (Å²) in [6.07, 6.45) is 6.26. The number of hydrogen-bond acceptors (Lipinski definition) is 7. The van der Waals surface area contributed by atoms with E-state index in [1.54, 1.807) is 10.6 Å². The first-order chi connectivity index (χ1) is 17.4. The molecule has 3 aromatic heterocycles. The molecule has 0 saturated heterocycles. The van der Waals surface area contributed by atoms with E-state index in [-0.39, 0.29) is 29.7 Å². The molecule has 0 bridgehead atoms. The molecule has 190 valence electrons. The maximum absolute atomic E-state index is 13.4. The summed E-state index contributed by atoms with van der Waals surface area (Å²) < 4.78 is 20.0. The standard InChI is InChI=1S/C16H20FN3O.C8H7N3O4/c17-12-10-15-14(19-11-12)6-7-16(21)20(15)9-8-18-13-4-2-1-3-5-13;12-6-3-15-4-1-2-5(10-8(13)14)9-7(4)11-6/h6-7,10-11,13,18H,1-5,8-9H2;1-2H,3H2,(H,13,14)(H2,9,10,11,12). The normalized spacial score (nSPS) is 15.2. The van der Waals surface area contributed by atoms with Crippen LogP contribution in [0.4, 0.5) is 20.8 Å². The molecule has 11 nitrogen and oxygen atoms in total. The van der Waals surface area contributed by atoms with Gasteiger partial charge in [-0.3, -0.25) is 19.9 Å². The topological polar surface area (TPSA) is 147 Å². The van der Waals surface area contributed by atoms with Crippen LogP contribution < -0.4 is 26.2 Å². The van der Waals surface area contributed by atoms with Crippen molar-refractivity contribution in [1.82, 2.24) is 19.9 Å². The summed E-state index contributed by atoms with van der Waals surface area (Å²) in [7, 11) is 0. The van der Waals surface area contributed by atoms with E-state index in [0.717, 1.165) is 6.54 Å². The monoisotopic (exact) mass is 498 g/mol. The second-order valence-electron chi connectivity index (χ2n) is 8.48. The third kappa shape index (κ3) is 6.54. The van der Waals surface area contributed by atoms with Gasteiger partial charge in [-0.25, -0.2) is 14.2 Å². The molecule has 2 aliphatic rings. The molecule has 4 N–H and O–H groups in total. The number of nitrogens with zero attached hydrogens (tertiary/aromatic N) is 3. The van der Waals surface area contributed by atoms with Crippen molar-refractivity contribution in [3.63, 3.8) is 0 Å². The minimum atomic E-state index is -1.22. The van der Waals surface area contributed by atoms with Crippen LogP contribution in [0.1, 0.15) is 32.1 Å². The van der Waals surface area contributed by atoms with E-state index in [1.807, 2.05) is 0 Å². The first-order valence-corrected chi connectivity index (χ1v) is 11.7. The Bertz CT molecular complexity index is 1310. The minimum Gasteiger partial charge on any atom is -0.480 e. The molecule has 3 aromatic rings. The Morgan fingerprint density at radius 1 is 1.19 bits per heavy atom. The summed E-state index contributed by atoms with van der Waals surface area (Å²) in [5.74, 6) is 0.0413. The molecule has 36 heavy (non-hydrogen) atoms. The lowest BCUT2D eigenvalue weighted by Crippen LogP contribution is -2.35. The molecule has 1 saturated carbocycles. The molecule has 0 atom stereocenters. The molecule has 5 rings (SSSR count). The first kappa shape index (κ1) is 25.0. The second-order valence-corrected chi connectivity index (χ2v) is 8.48. The number of nitrogens with one attached hydrogen (secondary N) is 3. The highest BCUT2D eigenvalue weighted by Gasteiger charge is 2.17. The van der Waals surface area contributed by atoms with Crippen LogP contribution in [-0.2, 0) is 11.3 Å². The van der Waals surface area contributed by atoms with Crippen molar-refractivity contribution < 1.29 is 23.8 Å². The quantitative estimate of drug-likeness (QED) is 0.420. The zero-order chi connectivity index (χ0) is 25.5. The van der Waals surface area contributed by atoms with Crippen molar-refractivity contribution >= 4 is 34.7 Å². The third-order valence-electron chi connectivity index (χ3n) is 5.89. The Labute approximate surface area is 205 Å². The van der Waals surface area contributed by atoms with Crippen LogP contribution in [0.3, 0.4) is 0 Å². The van der Waals surface area contributed by atoms with Crippen LogP contribution in [0.5, 0.6) is 5.75 Å². The highest BCUT2D eigenvalue weighted by atomic mass is 19.1. The van der Waals surface area contributed by atoms with Crippen LogP contribution >= 0.6 is 0 Å². The number of ether oxygens (including phenoxy) is 1. The van der Waals surface area contributed by atoms with Crippen molar-refractivity contribution in [2.45, 2.75) is 44.7 Å². The maximum Gasteiger partial charge on any atom is 0.410 e. The summed E-state index contributed by atoms with van der Waals surface area (Å²) in [6.45, 7) is 1.21. The van der Waals surface area contributed by atoms with Gasteiger partial charge in [0.15, 0.2) is 18.2 Å².